The van der Waals surface area contributed by atoms with Gasteiger partial charge in [-0.2, -0.15) is 0 Å². The van der Waals surface area contributed by atoms with Gasteiger partial charge in [-0.05, 0) is 61.4 Å². The largest absolute Gasteiger partial charge is 0.455 e. The van der Waals surface area contributed by atoms with Crippen molar-refractivity contribution in [2.45, 2.75) is 12.8 Å². The minimum absolute atomic E-state index is 0.200. The van der Waals surface area contributed by atoms with Crippen LogP contribution in [-0.4, -0.2) is 47.4 Å². The average molecular weight is 435 g/mol. The molecule has 0 bridgehead atoms. The lowest BCUT2D eigenvalue weighted by molar-refractivity contribution is -0.152. The highest BCUT2D eigenvalue weighted by atomic mass is 19.1. The first-order valence-corrected chi connectivity index (χ1v) is 10.4. The number of anilines is 1. The zero-order valence-corrected chi connectivity index (χ0v) is 17.3. The second-order valence-electron chi connectivity index (χ2n) is 7.63. The van der Waals surface area contributed by atoms with Gasteiger partial charge < -0.3 is 15.0 Å². The summed E-state index contributed by atoms with van der Waals surface area (Å²) in [6.07, 6.45) is 2.88. The van der Waals surface area contributed by atoms with Crippen LogP contribution in [0.25, 0.3) is 10.9 Å². The fraction of sp³-hybridized carbons (Fsp3) is 0.250. The lowest BCUT2D eigenvalue weighted by Crippen LogP contribution is -2.43. The van der Waals surface area contributed by atoms with E-state index in [1.165, 1.54) is 24.3 Å². The highest BCUT2D eigenvalue weighted by molar-refractivity contribution is 6.01. The number of likely N-dealkylation sites (tertiary alicyclic amines) is 1. The van der Waals surface area contributed by atoms with Crippen LogP contribution in [0.3, 0.4) is 0 Å². The van der Waals surface area contributed by atoms with E-state index in [1.807, 2.05) is 12.1 Å². The van der Waals surface area contributed by atoms with Crippen molar-refractivity contribution in [3.63, 3.8) is 0 Å². The molecule has 0 saturated carbocycles. The van der Waals surface area contributed by atoms with E-state index in [-0.39, 0.29) is 12.5 Å². The fourth-order valence-electron chi connectivity index (χ4n) is 3.78. The van der Waals surface area contributed by atoms with Gasteiger partial charge >= 0.3 is 5.97 Å². The van der Waals surface area contributed by atoms with Crippen LogP contribution in [0, 0.1) is 11.7 Å². The molecule has 1 aromatic heterocycles. The first-order valence-electron chi connectivity index (χ1n) is 10.4. The number of esters is 1. The zero-order chi connectivity index (χ0) is 22.5. The van der Waals surface area contributed by atoms with Crippen molar-refractivity contribution >= 4 is 34.4 Å². The monoisotopic (exact) mass is 435 g/mol. The highest BCUT2D eigenvalue weighted by Crippen LogP contribution is 2.22. The number of piperidine rings is 1. The van der Waals surface area contributed by atoms with Crippen LogP contribution in [0.2, 0.25) is 0 Å². The van der Waals surface area contributed by atoms with Crippen LogP contribution in [0.4, 0.5) is 10.1 Å². The fourth-order valence-corrected chi connectivity index (χ4v) is 3.78. The molecule has 2 aromatic carbocycles. The smallest absolute Gasteiger partial charge is 0.311 e. The Hall–Kier alpha value is -3.81. The Kier molecular flexibility index (Phi) is 6.39. The zero-order valence-electron chi connectivity index (χ0n) is 17.3. The topological polar surface area (TPSA) is 88.6 Å². The first kappa shape index (κ1) is 21.4. The van der Waals surface area contributed by atoms with E-state index in [4.69, 9.17) is 4.74 Å². The number of ether oxygens (including phenoxy) is 1. The summed E-state index contributed by atoms with van der Waals surface area (Å²) in [5, 5.41) is 3.53. The summed E-state index contributed by atoms with van der Waals surface area (Å²) in [5.41, 5.74) is 1.70. The molecule has 3 aromatic rings. The number of nitrogens with zero attached hydrogens (tertiary/aromatic N) is 2. The van der Waals surface area contributed by atoms with Crippen molar-refractivity contribution in [2.75, 3.05) is 25.0 Å². The summed E-state index contributed by atoms with van der Waals surface area (Å²) < 4.78 is 18.3. The lowest BCUT2D eigenvalue weighted by Gasteiger charge is -2.31. The highest BCUT2D eigenvalue weighted by Gasteiger charge is 2.30. The summed E-state index contributed by atoms with van der Waals surface area (Å²) in [6.45, 7) is 0.291. The molecular weight excluding hydrogens is 413 g/mol. The maximum absolute atomic E-state index is 13.1. The number of fused-ring (bicyclic) bond motifs is 1. The minimum atomic E-state index is -0.517. The van der Waals surface area contributed by atoms with Crippen molar-refractivity contribution in [2.24, 2.45) is 5.92 Å². The van der Waals surface area contributed by atoms with Crippen LogP contribution < -0.4 is 5.32 Å². The summed E-state index contributed by atoms with van der Waals surface area (Å²) >= 11 is 0. The van der Waals surface area contributed by atoms with E-state index >= 15 is 0 Å². The molecule has 0 radical (unpaired) electrons. The molecule has 8 heteroatoms. The van der Waals surface area contributed by atoms with Gasteiger partial charge in [0.1, 0.15) is 5.82 Å². The Bertz CT molecular complexity index is 1140. The molecule has 164 valence electrons. The maximum atomic E-state index is 13.1. The lowest BCUT2D eigenvalue weighted by atomic mass is 9.97. The van der Waals surface area contributed by atoms with Crippen LogP contribution in [0.5, 0.6) is 0 Å². The molecule has 1 atom stereocenters. The van der Waals surface area contributed by atoms with Crippen LogP contribution in [0.1, 0.15) is 23.2 Å². The number of hydrogen-bond donors (Lipinski definition) is 1. The number of nitrogens with one attached hydrogen (secondary N) is 1. The van der Waals surface area contributed by atoms with Gasteiger partial charge in [-0.3, -0.25) is 19.4 Å². The van der Waals surface area contributed by atoms with Gasteiger partial charge in [0.25, 0.3) is 11.8 Å². The molecule has 7 nitrogen and oxygen atoms in total. The molecule has 2 heterocycles. The van der Waals surface area contributed by atoms with Crippen molar-refractivity contribution < 1.29 is 23.5 Å². The van der Waals surface area contributed by atoms with E-state index in [0.29, 0.717) is 30.6 Å². The van der Waals surface area contributed by atoms with Crippen molar-refractivity contribution in [1.29, 1.82) is 0 Å². The predicted molar refractivity (Wildman–Crippen MR) is 116 cm³/mol. The minimum Gasteiger partial charge on any atom is -0.455 e. The van der Waals surface area contributed by atoms with Gasteiger partial charge in [0, 0.05) is 30.2 Å². The molecule has 1 fully saturated rings. The van der Waals surface area contributed by atoms with Crippen molar-refractivity contribution in [3.05, 3.63) is 72.2 Å². The maximum Gasteiger partial charge on any atom is 0.311 e. The molecule has 32 heavy (non-hydrogen) atoms. The Balaban J connectivity index is 1.32. The average Bonchev–Trinajstić information content (AvgIpc) is 2.83. The number of rotatable bonds is 5. The Labute approximate surface area is 184 Å². The predicted octanol–water partition coefficient (Wildman–Crippen LogP) is 3.41. The van der Waals surface area contributed by atoms with E-state index in [2.05, 4.69) is 10.3 Å². The number of carbonyl (C=O) groups excluding carboxylic acids is 3. The third-order valence-electron chi connectivity index (χ3n) is 5.40. The number of pyridine rings is 1. The number of carbonyl (C=O) groups is 3. The second kappa shape index (κ2) is 9.55. The van der Waals surface area contributed by atoms with Crippen molar-refractivity contribution in [3.8, 4) is 0 Å². The molecule has 0 aliphatic carbocycles. The van der Waals surface area contributed by atoms with Crippen molar-refractivity contribution in [1.82, 2.24) is 9.88 Å². The normalized spacial score (nSPS) is 15.9. The van der Waals surface area contributed by atoms with E-state index in [1.54, 1.807) is 29.3 Å². The Morgan fingerprint density at radius 3 is 2.72 bits per heavy atom. The molecule has 1 aliphatic heterocycles. The summed E-state index contributed by atoms with van der Waals surface area (Å²) in [5.74, 6) is -2.16. The van der Waals surface area contributed by atoms with Crippen LogP contribution in [0.15, 0.2) is 60.8 Å². The number of hydrogen-bond acceptors (Lipinski definition) is 5. The molecule has 1 saturated heterocycles. The number of halogens is 1. The molecule has 2 amide bonds. The SMILES string of the molecule is O=C(COC(=O)C1CCCN(C(=O)c2ccc(F)cc2)C1)Nc1cccc2ncccc12. The van der Waals surface area contributed by atoms with Crippen LogP contribution in [-0.2, 0) is 14.3 Å². The molecular formula is C24H22FN3O4. The first-order chi connectivity index (χ1) is 15.5. The summed E-state index contributed by atoms with van der Waals surface area (Å²) in [6, 6.07) is 14.3. The number of aromatic nitrogens is 1. The summed E-state index contributed by atoms with van der Waals surface area (Å²) in [4.78, 5) is 43.3. The van der Waals surface area contributed by atoms with Gasteiger partial charge in [-0.1, -0.05) is 6.07 Å². The van der Waals surface area contributed by atoms with E-state index in [0.717, 1.165) is 10.9 Å². The number of amides is 2. The van der Waals surface area contributed by atoms with Gasteiger partial charge in [-0.25, -0.2) is 4.39 Å². The quantitative estimate of drug-likeness (QED) is 0.621. The second-order valence-corrected chi connectivity index (χ2v) is 7.63. The molecule has 1 N–H and O–H groups in total. The van der Waals surface area contributed by atoms with Gasteiger partial charge in [0.2, 0.25) is 0 Å². The number of benzene rings is 2. The Morgan fingerprint density at radius 2 is 1.91 bits per heavy atom. The molecule has 0 spiro atoms. The third kappa shape index (κ3) is 4.91. The van der Waals surface area contributed by atoms with Crippen LogP contribution >= 0.6 is 0 Å². The van der Waals surface area contributed by atoms with Gasteiger partial charge in [0.05, 0.1) is 17.1 Å². The van der Waals surface area contributed by atoms with Gasteiger partial charge in [0.15, 0.2) is 6.61 Å². The Morgan fingerprint density at radius 1 is 1.09 bits per heavy atom. The molecule has 1 aliphatic rings. The van der Waals surface area contributed by atoms with E-state index < -0.39 is 30.2 Å². The summed E-state index contributed by atoms with van der Waals surface area (Å²) in [7, 11) is 0. The standard InChI is InChI=1S/C24H22FN3O4/c25-18-10-8-16(9-11-18)23(30)28-13-3-4-17(14-28)24(31)32-15-22(29)27-21-7-1-6-20-19(21)5-2-12-26-20/h1-2,5-12,17H,3-4,13-15H2,(H,27,29). The third-order valence-corrected chi connectivity index (χ3v) is 5.40. The van der Waals surface area contributed by atoms with E-state index in [9.17, 15) is 18.8 Å². The molecule has 1 unspecified atom stereocenters. The van der Waals surface area contributed by atoms with Gasteiger partial charge in [-0.15, -0.1) is 0 Å². The molecule has 4 rings (SSSR count).